The first-order valence-electron chi connectivity index (χ1n) is 12.4. The molecule has 10 heteroatoms. The van der Waals surface area contributed by atoms with Gasteiger partial charge in [-0.25, -0.2) is 9.97 Å². The van der Waals surface area contributed by atoms with Crippen molar-refractivity contribution < 1.29 is 14.3 Å². The molecule has 1 saturated heterocycles. The zero-order valence-electron chi connectivity index (χ0n) is 20.1. The summed E-state index contributed by atoms with van der Waals surface area (Å²) in [4.78, 5) is 40.0. The molecule has 2 fully saturated rings. The zero-order chi connectivity index (χ0) is 24.9. The second-order valence-corrected chi connectivity index (χ2v) is 10.4. The number of ether oxygens (including phenoxy) is 1. The monoisotopic (exact) mass is 506 g/mol. The van der Waals surface area contributed by atoms with Gasteiger partial charge in [0.1, 0.15) is 10.8 Å². The number of aromatic nitrogens is 3. The molecule has 5 rings (SSSR count). The standard InChI is InChI=1S/C26H30N6O3S/c27-23(33)22-25(31-26(36-22)19-6-11-29-21(15-19)30-24(34)18-4-5-18)35-14-9-17-7-12-32(13-8-17)16-20-3-1-2-10-28-20/h1-3,6,10-11,15,17-18H,4-5,7-9,12-14,16H2,(H2,27,33)(H,29,30,34). The first-order chi connectivity index (χ1) is 17.5. The van der Waals surface area contributed by atoms with Gasteiger partial charge in [-0.1, -0.05) is 6.07 Å². The number of likely N-dealkylation sites (tertiary alicyclic amines) is 1. The van der Waals surface area contributed by atoms with Gasteiger partial charge in [-0.15, -0.1) is 11.3 Å². The van der Waals surface area contributed by atoms with Gasteiger partial charge < -0.3 is 15.8 Å². The number of hydrogen-bond donors (Lipinski definition) is 2. The van der Waals surface area contributed by atoms with Crippen LogP contribution in [0.4, 0.5) is 5.82 Å². The predicted molar refractivity (Wildman–Crippen MR) is 138 cm³/mol. The lowest BCUT2D eigenvalue weighted by Crippen LogP contribution is -2.33. The summed E-state index contributed by atoms with van der Waals surface area (Å²) in [5.41, 5.74) is 7.46. The Morgan fingerprint density at radius 2 is 1.94 bits per heavy atom. The molecule has 9 nitrogen and oxygen atoms in total. The molecule has 188 valence electrons. The Labute approximate surface area is 214 Å². The smallest absolute Gasteiger partial charge is 0.264 e. The minimum absolute atomic E-state index is 0.0109. The van der Waals surface area contributed by atoms with Crippen LogP contribution in [0.15, 0.2) is 42.7 Å². The number of amides is 2. The Balaban J connectivity index is 1.15. The van der Waals surface area contributed by atoms with E-state index in [1.807, 2.05) is 18.3 Å². The molecule has 0 aromatic carbocycles. The summed E-state index contributed by atoms with van der Waals surface area (Å²) in [6.45, 7) is 3.44. The number of nitrogens with one attached hydrogen (secondary N) is 1. The number of primary amides is 1. The van der Waals surface area contributed by atoms with E-state index >= 15 is 0 Å². The van der Waals surface area contributed by atoms with Crippen molar-refractivity contribution in [3.8, 4) is 16.5 Å². The highest BCUT2D eigenvalue weighted by atomic mass is 32.1. The Hall–Kier alpha value is -3.37. The molecule has 1 aliphatic heterocycles. The van der Waals surface area contributed by atoms with Crippen molar-refractivity contribution in [2.75, 3.05) is 25.0 Å². The molecule has 2 amide bonds. The molecule has 3 aromatic heterocycles. The molecule has 1 saturated carbocycles. The first kappa shape index (κ1) is 24.3. The van der Waals surface area contributed by atoms with Crippen LogP contribution in [-0.2, 0) is 11.3 Å². The number of carbonyl (C=O) groups is 2. The summed E-state index contributed by atoms with van der Waals surface area (Å²) in [5.74, 6) is 0.825. The largest absolute Gasteiger partial charge is 0.476 e. The van der Waals surface area contributed by atoms with Gasteiger partial charge in [-0.05, 0) is 75.4 Å². The number of carbonyl (C=O) groups excluding carboxylic acids is 2. The highest BCUT2D eigenvalue weighted by Gasteiger charge is 2.30. The van der Waals surface area contributed by atoms with Crippen LogP contribution in [0.2, 0.25) is 0 Å². The maximum absolute atomic E-state index is 12.1. The van der Waals surface area contributed by atoms with E-state index in [0.717, 1.165) is 63.0 Å². The lowest BCUT2D eigenvalue weighted by atomic mass is 9.94. The van der Waals surface area contributed by atoms with Crippen LogP contribution >= 0.6 is 11.3 Å². The maximum Gasteiger partial charge on any atom is 0.264 e. The van der Waals surface area contributed by atoms with Crippen LogP contribution in [-0.4, -0.2) is 51.4 Å². The van der Waals surface area contributed by atoms with E-state index in [1.165, 1.54) is 11.3 Å². The molecule has 2 aliphatic rings. The molecule has 0 radical (unpaired) electrons. The third-order valence-corrected chi connectivity index (χ3v) is 7.71. The van der Waals surface area contributed by atoms with Crippen molar-refractivity contribution in [2.24, 2.45) is 17.6 Å². The fourth-order valence-electron chi connectivity index (χ4n) is 4.37. The number of nitrogens with zero attached hydrogens (tertiary/aromatic N) is 4. The maximum atomic E-state index is 12.1. The summed E-state index contributed by atoms with van der Waals surface area (Å²) in [5, 5.41) is 3.45. The summed E-state index contributed by atoms with van der Waals surface area (Å²) >= 11 is 1.19. The van der Waals surface area contributed by atoms with E-state index in [0.29, 0.717) is 28.2 Å². The molecule has 0 spiro atoms. The summed E-state index contributed by atoms with van der Waals surface area (Å²) in [6.07, 6.45) is 8.40. The van der Waals surface area contributed by atoms with Crippen LogP contribution in [0.25, 0.3) is 10.6 Å². The predicted octanol–water partition coefficient (Wildman–Crippen LogP) is 3.73. The molecule has 4 heterocycles. The van der Waals surface area contributed by atoms with Crippen LogP contribution < -0.4 is 15.8 Å². The van der Waals surface area contributed by atoms with Gasteiger partial charge in [0.2, 0.25) is 11.8 Å². The number of nitrogens with two attached hydrogens (primary N) is 1. The zero-order valence-corrected chi connectivity index (χ0v) is 20.9. The highest BCUT2D eigenvalue weighted by molar-refractivity contribution is 7.17. The molecule has 3 aromatic rings. The Morgan fingerprint density at radius 3 is 2.67 bits per heavy atom. The van der Waals surface area contributed by atoms with E-state index in [-0.39, 0.29) is 17.7 Å². The molecular formula is C26H30N6O3S. The molecule has 0 bridgehead atoms. The third kappa shape index (κ3) is 6.24. The highest BCUT2D eigenvalue weighted by Crippen LogP contribution is 2.34. The van der Waals surface area contributed by atoms with Crippen LogP contribution in [0.1, 0.15) is 47.5 Å². The van der Waals surface area contributed by atoms with Gasteiger partial charge in [-0.2, -0.15) is 0 Å². The van der Waals surface area contributed by atoms with Gasteiger partial charge in [0.05, 0.1) is 12.3 Å². The average Bonchev–Trinajstić information content (AvgIpc) is 3.65. The van der Waals surface area contributed by atoms with Gasteiger partial charge in [-0.3, -0.25) is 19.5 Å². The normalized spacial score (nSPS) is 16.6. The number of hydrogen-bond acceptors (Lipinski definition) is 8. The van der Waals surface area contributed by atoms with Crippen LogP contribution in [0, 0.1) is 11.8 Å². The molecular weight excluding hydrogens is 476 g/mol. The van der Waals surface area contributed by atoms with Crippen molar-refractivity contribution in [1.29, 1.82) is 0 Å². The van der Waals surface area contributed by atoms with Crippen LogP contribution in [0.5, 0.6) is 5.88 Å². The van der Waals surface area contributed by atoms with Gasteiger partial charge >= 0.3 is 0 Å². The third-order valence-electron chi connectivity index (χ3n) is 6.61. The minimum Gasteiger partial charge on any atom is -0.476 e. The fourth-order valence-corrected chi connectivity index (χ4v) is 5.22. The van der Waals surface area contributed by atoms with E-state index in [2.05, 4.69) is 31.2 Å². The quantitative estimate of drug-likeness (QED) is 0.429. The lowest BCUT2D eigenvalue weighted by molar-refractivity contribution is -0.117. The summed E-state index contributed by atoms with van der Waals surface area (Å²) in [6, 6.07) is 9.58. The Morgan fingerprint density at radius 1 is 1.11 bits per heavy atom. The number of rotatable bonds is 10. The lowest BCUT2D eigenvalue weighted by Gasteiger charge is -2.31. The van der Waals surface area contributed by atoms with Crippen molar-refractivity contribution in [3.05, 3.63) is 53.3 Å². The second kappa shape index (κ2) is 11.1. The molecule has 3 N–H and O–H groups in total. The fraction of sp³-hybridized carbons (Fsp3) is 0.423. The van der Waals surface area contributed by atoms with Crippen molar-refractivity contribution >= 4 is 29.0 Å². The summed E-state index contributed by atoms with van der Waals surface area (Å²) < 4.78 is 5.95. The van der Waals surface area contributed by atoms with Gasteiger partial charge in [0.25, 0.3) is 5.91 Å². The SMILES string of the molecule is NC(=O)c1sc(-c2ccnc(NC(=O)C3CC3)c2)nc1OCCC1CCN(Cc2ccccn2)CC1. The number of thiazole rings is 1. The molecule has 0 atom stereocenters. The van der Waals surface area contributed by atoms with Crippen molar-refractivity contribution in [1.82, 2.24) is 19.9 Å². The van der Waals surface area contributed by atoms with E-state index in [4.69, 9.17) is 10.5 Å². The van der Waals surface area contributed by atoms with E-state index in [1.54, 1.807) is 18.3 Å². The number of piperidine rings is 1. The minimum atomic E-state index is -0.562. The molecule has 1 aliphatic carbocycles. The summed E-state index contributed by atoms with van der Waals surface area (Å²) in [7, 11) is 0. The topological polar surface area (TPSA) is 123 Å². The Bertz CT molecular complexity index is 1210. The van der Waals surface area contributed by atoms with Gasteiger partial charge in [0.15, 0.2) is 4.88 Å². The molecule has 36 heavy (non-hydrogen) atoms. The van der Waals surface area contributed by atoms with Crippen LogP contribution in [0.3, 0.4) is 0 Å². The Kier molecular flexibility index (Phi) is 7.52. The average molecular weight is 507 g/mol. The number of anilines is 1. The number of pyridine rings is 2. The molecule has 0 unspecified atom stereocenters. The van der Waals surface area contributed by atoms with E-state index < -0.39 is 5.91 Å². The van der Waals surface area contributed by atoms with Crippen molar-refractivity contribution in [2.45, 2.75) is 38.6 Å². The van der Waals surface area contributed by atoms with Crippen molar-refractivity contribution in [3.63, 3.8) is 0 Å². The first-order valence-corrected chi connectivity index (χ1v) is 13.2. The van der Waals surface area contributed by atoms with E-state index in [9.17, 15) is 9.59 Å². The van der Waals surface area contributed by atoms with Gasteiger partial charge in [0, 0.05) is 30.4 Å². The second-order valence-electron chi connectivity index (χ2n) is 9.39.